The molecule has 21 heavy (non-hydrogen) atoms. The van der Waals surface area contributed by atoms with Crippen LogP contribution in [0.5, 0.6) is 0 Å². The molecule has 2 heterocycles. The Kier molecular flexibility index (Phi) is 4.10. The molecule has 1 aromatic heterocycles. The van der Waals surface area contributed by atoms with Gasteiger partial charge in [0, 0.05) is 31.0 Å². The molecule has 3 nitrogen and oxygen atoms in total. The maximum absolute atomic E-state index is 12.3. The minimum absolute atomic E-state index is 0.108. The van der Waals surface area contributed by atoms with Crippen molar-refractivity contribution in [3.05, 3.63) is 71.6 Å². The second-order valence-corrected chi connectivity index (χ2v) is 5.24. The van der Waals surface area contributed by atoms with Crippen molar-refractivity contribution in [2.24, 2.45) is 0 Å². The molecule has 2 aromatic rings. The highest BCUT2D eigenvalue weighted by atomic mass is 16.2. The van der Waals surface area contributed by atoms with E-state index in [1.807, 2.05) is 11.0 Å². The normalized spacial score (nSPS) is 14.9. The fourth-order valence-corrected chi connectivity index (χ4v) is 2.60. The molecule has 1 aliphatic rings. The molecule has 0 unspecified atom stereocenters. The third-order valence-corrected chi connectivity index (χ3v) is 3.79. The summed E-state index contributed by atoms with van der Waals surface area (Å²) in [6.45, 7) is 1.58. The maximum atomic E-state index is 12.3. The van der Waals surface area contributed by atoms with Crippen molar-refractivity contribution in [1.82, 2.24) is 9.88 Å². The van der Waals surface area contributed by atoms with Gasteiger partial charge in [0.05, 0.1) is 0 Å². The van der Waals surface area contributed by atoms with Crippen molar-refractivity contribution < 1.29 is 4.79 Å². The van der Waals surface area contributed by atoms with E-state index < -0.39 is 0 Å². The maximum Gasteiger partial charge on any atom is 0.253 e. The van der Waals surface area contributed by atoms with E-state index in [9.17, 15) is 4.79 Å². The molecule has 0 atom stereocenters. The molecule has 1 aliphatic heterocycles. The zero-order chi connectivity index (χ0) is 14.5. The van der Waals surface area contributed by atoms with E-state index in [0.717, 1.165) is 31.5 Å². The van der Waals surface area contributed by atoms with Crippen LogP contribution in [-0.2, 0) is 0 Å². The standard InChI is InChI=1S/C18H18N2O/c21-18(17-6-10-19-11-7-17)20-12-8-16(9-13-20)14-15-4-2-1-3-5-15/h1-7,10-11,14H,8-9,12-13H2. The Bertz CT molecular complexity index is 625. The number of hydrogen-bond acceptors (Lipinski definition) is 2. The van der Waals surface area contributed by atoms with Gasteiger partial charge in [-0.3, -0.25) is 9.78 Å². The SMILES string of the molecule is O=C(c1ccncc1)N1CCC(=Cc2ccccc2)CC1. The summed E-state index contributed by atoms with van der Waals surface area (Å²) in [6.07, 6.45) is 7.47. The summed E-state index contributed by atoms with van der Waals surface area (Å²) < 4.78 is 0. The summed E-state index contributed by atoms with van der Waals surface area (Å²) in [5.41, 5.74) is 3.38. The average molecular weight is 278 g/mol. The molecule has 0 radical (unpaired) electrons. The van der Waals surface area contributed by atoms with Crippen molar-refractivity contribution in [3.8, 4) is 0 Å². The summed E-state index contributed by atoms with van der Waals surface area (Å²) in [7, 11) is 0. The highest BCUT2D eigenvalue weighted by molar-refractivity contribution is 5.94. The molecule has 0 aliphatic carbocycles. The molecule has 1 fully saturated rings. The summed E-state index contributed by atoms with van der Waals surface area (Å²) in [4.78, 5) is 18.2. The second-order valence-electron chi connectivity index (χ2n) is 5.24. The summed E-state index contributed by atoms with van der Waals surface area (Å²) in [5.74, 6) is 0.108. The number of aromatic nitrogens is 1. The first-order valence-corrected chi connectivity index (χ1v) is 7.27. The monoisotopic (exact) mass is 278 g/mol. The number of pyridine rings is 1. The first kappa shape index (κ1) is 13.6. The molecule has 106 valence electrons. The number of piperidine rings is 1. The number of amides is 1. The fraction of sp³-hybridized carbons (Fsp3) is 0.222. The van der Waals surface area contributed by atoms with Crippen molar-refractivity contribution in [1.29, 1.82) is 0 Å². The van der Waals surface area contributed by atoms with Crippen LogP contribution in [0.3, 0.4) is 0 Å². The molecular weight excluding hydrogens is 260 g/mol. The van der Waals surface area contributed by atoms with E-state index in [0.29, 0.717) is 0 Å². The van der Waals surface area contributed by atoms with E-state index in [2.05, 4.69) is 35.3 Å². The van der Waals surface area contributed by atoms with E-state index >= 15 is 0 Å². The van der Waals surface area contributed by atoms with Gasteiger partial charge in [-0.25, -0.2) is 0 Å². The molecule has 0 N–H and O–H groups in total. The van der Waals surface area contributed by atoms with Crippen LogP contribution >= 0.6 is 0 Å². The largest absolute Gasteiger partial charge is 0.338 e. The molecule has 3 heteroatoms. The molecule has 1 saturated heterocycles. The third kappa shape index (κ3) is 3.37. The van der Waals surface area contributed by atoms with Gasteiger partial charge in [0.1, 0.15) is 0 Å². The minimum Gasteiger partial charge on any atom is -0.338 e. The highest BCUT2D eigenvalue weighted by Gasteiger charge is 2.19. The lowest BCUT2D eigenvalue weighted by atomic mass is 10.0. The highest BCUT2D eigenvalue weighted by Crippen LogP contribution is 2.20. The zero-order valence-corrected chi connectivity index (χ0v) is 11.9. The van der Waals surface area contributed by atoms with Crippen LogP contribution in [0.2, 0.25) is 0 Å². The summed E-state index contributed by atoms with van der Waals surface area (Å²) in [5, 5.41) is 0. The van der Waals surface area contributed by atoms with E-state index in [1.54, 1.807) is 24.5 Å². The number of likely N-dealkylation sites (tertiary alicyclic amines) is 1. The minimum atomic E-state index is 0.108. The average Bonchev–Trinajstić information content (AvgIpc) is 2.57. The Morgan fingerprint density at radius 1 is 1.00 bits per heavy atom. The van der Waals surface area contributed by atoms with Gasteiger partial charge in [-0.05, 0) is 30.5 Å². The van der Waals surface area contributed by atoms with E-state index in [-0.39, 0.29) is 5.91 Å². The topological polar surface area (TPSA) is 33.2 Å². The third-order valence-electron chi connectivity index (χ3n) is 3.79. The number of carbonyl (C=O) groups excluding carboxylic acids is 1. The van der Waals surface area contributed by atoms with E-state index in [1.165, 1.54) is 11.1 Å². The molecule has 1 amide bonds. The Hall–Kier alpha value is -2.42. The lowest BCUT2D eigenvalue weighted by Gasteiger charge is -2.28. The molecule has 0 spiro atoms. The van der Waals surface area contributed by atoms with Crippen LogP contribution in [0.25, 0.3) is 6.08 Å². The predicted molar refractivity (Wildman–Crippen MR) is 83.8 cm³/mol. The molecular formula is C18H18N2O. The smallest absolute Gasteiger partial charge is 0.253 e. The van der Waals surface area contributed by atoms with Crippen LogP contribution in [0, 0.1) is 0 Å². The lowest BCUT2D eigenvalue weighted by molar-refractivity contribution is 0.0744. The summed E-state index contributed by atoms with van der Waals surface area (Å²) in [6, 6.07) is 13.9. The second kappa shape index (κ2) is 6.35. The zero-order valence-electron chi connectivity index (χ0n) is 11.9. The molecule has 0 saturated carbocycles. The predicted octanol–water partition coefficient (Wildman–Crippen LogP) is 3.40. The van der Waals surface area contributed by atoms with Crippen LogP contribution in [-0.4, -0.2) is 28.9 Å². The van der Waals surface area contributed by atoms with Gasteiger partial charge in [-0.2, -0.15) is 0 Å². The van der Waals surface area contributed by atoms with Gasteiger partial charge in [-0.1, -0.05) is 42.0 Å². The first-order chi connectivity index (χ1) is 10.3. The Labute approximate surface area is 124 Å². The van der Waals surface area contributed by atoms with Gasteiger partial charge >= 0.3 is 0 Å². The molecule has 3 rings (SSSR count). The van der Waals surface area contributed by atoms with Gasteiger partial charge in [0.25, 0.3) is 5.91 Å². The van der Waals surface area contributed by atoms with Crippen LogP contribution in [0.1, 0.15) is 28.8 Å². The Morgan fingerprint density at radius 2 is 1.67 bits per heavy atom. The van der Waals surface area contributed by atoms with E-state index in [4.69, 9.17) is 0 Å². The Balaban J connectivity index is 1.63. The number of rotatable bonds is 2. The van der Waals surface area contributed by atoms with Gasteiger partial charge in [0.2, 0.25) is 0 Å². The van der Waals surface area contributed by atoms with Crippen LogP contribution in [0.4, 0.5) is 0 Å². The van der Waals surface area contributed by atoms with Crippen molar-refractivity contribution in [3.63, 3.8) is 0 Å². The van der Waals surface area contributed by atoms with Gasteiger partial charge in [0.15, 0.2) is 0 Å². The summed E-state index contributed by atoms with van der Waals surface area (Å²) >= 11 is 0. The van der Waals surface area contributed by atoms with Crippen LogP contribution < -0.4 is 0 Å². The van der Waals surface area contributed by atoms with Crippen molar-refractivity contribution in [2.75, 3.05) is 13.1 Å². The number of nitrogens with zero attached hydrogens (tertiary/aromatic N) is 2. The Morgan fingerprint density at radius 3 is 2.33 bits per heavy atom. The van der Waals surface area contributed by atoms with Crippen molar-refractivity contribution >= 4 is 12.0 Å². The number of hydrogen-bond donors (Lipinski definition) is 0. The first-order valence-electron chi connectivity index (χ1n) is 7.27. The fourth-order valence-electron chi connectivity index (χ4n) is 2.60. The molecule has 1 aromatic carbocycles. The number of carbonyl (C=O) groups is 1. The van der Waals surface area contributed by atoms with Gasteiger partial charge in [-0.15, -0.1) is 0 Å². The van der Waals surface area contributed by atoms with Crippen LogP contribution in [0.15, 0.2) is 60.4 Å². The quantitative estimate of drug-likeness (QED) is 0.843. The van der Waals surface area contributed by atoms with Gasteiger partial charge < -0.3 is 4.90 Å². The molecule has 0 bridgehead atoms. The lowest BCUT2D eigenvalue weighted by Crippen LogP contribution is -2.36. The van der Waals surface area contributed by atoms with Crippen molar-refractivity contribution in [2.45, 2.75) is 12.8 Å². The number of benzene rings is 1.